The first-order chi connectivity index (χ1) is 12.7. The molecule has 26 heavy (non-hydrogen) atoms. The number of likely N-dealkylation sites (tertiary alicyclic amines) is 1. The van der Waals surface area contributed by atoms with E-state index in [4.69, 9.17) is 4.74 Å². The van der Waals surface area contributed by atoms with Crippen LogP contribution in [0, 0.1) is 11.3 Å². The molecule has 1 saturated carbocycles. The molecule has 1 atom stereocenters. The monoisotopic (exact) mass is 358 g/mol. The fraction of sp³-hybridized carbons (Fsp3) is 0.684. The molecule has 0 N–H and O–H groups in total. The molecule has 0 bridgehead atoms. The Morgan fingerprint density at radius 1 is 1.23 bits per heavy atom. The topological polar surface area (TPSA) is 75.6 Å². The summed E-state index contributed by atoms with van der Waals surface area (Å²) in [6.07, 6.45) is 8.01. The summed E-state index contributed by atoms with van der Waals surface area (Å²) in [5.74, 6) is 0.621. The van der Waals surface area contributed by atoms with Crippen LogP contribution >= 0.6 is 0 Å². The number of aromatic nitrogens is 2. The van der Waals surface area contributed by atoms with Crippen LogP contribution in [0.4, 0.5) is 0 Å². The number of morpholine rings is 1. The van der Waals surface area contributed by atoms with E-state index in [1.165, 1.54) is 12.7 Å². The minimum atomic E-state index is -0.0133. The second-order valence-electron chi connectivity index (χ2n) is 7.72. The normalized spacial score (nSPS) is 24.5. The van der Waals surface area contributed by atoms with E-state index in [2.05, 4.69) is 9.97 Å². The maximum Gasteiger partial charge on any atom is 0.272 e. The van der Waals surface area contributed by atoms with Crippen molar-refractivity contribution in [3.05, 3.63) is 24.3 Å². The van der Waals surface area contributed by atoms with Crippen molar-refractivity contribution in [2.24, 2.45) is 11.3 Å². The number of carbonyl (C=O) groups excluding carboxylic acids is 2. The quantitative estimate of drug-likeness (QED) is 0.812. The van der Waals surface area contributed by atoms with E-state index in [0.29, 0.717) is 44.3 Å². The summed E-state index contributed by atoms with van der Waals surface area (Å²) in [5, 5.41) is 0. The van der Waals surface area contributed by atoms with Crippen LogP contribution in [-0.4, -0.2) is 71.0 Å². The third-order valence-electron chi connectivity index (χ3n) is 6.32. The second-order valence-corrected chi connectivity index (χ2v) is 7.72. The number of ether oxygens (including phenoxy) is 1. The van der Waals surface area contributed by atoms with E-state index in [1.54, 1.807) is 12.3 Å². The predicted molar refractivity (Wildman–Crippen MR) is 94.3 cm³/mol. The highest BCUT2D eigenvalue weighted by Crippen LogP contribution is 2.53. The smallest absolute Gasteiger partial charge is 0.272 e. The third-order valence-corrected chi connectivity index (χ3v) is 6.32. The van der Waals surface area contributed by atoms with Gasteiger partial charge in [-0.05, 0) is 36.7 Å². The Morgan fingerprint density at radius 2 is 2.04 bits per heavy atom. The van der Waals surface area contributed by atoms with Crippen molar-refractivity contribution < 1.29 is 14.3 Å². The fourth-order valence-corrected chi connectivity index (χ4v) is 4.63. The molecule has 1 aromatic heterocycles. The van der Waals surface area contributed by atoms with Gasteiger partial charge < -0.3 is 14.5 Å². The molecule has 3 fully saturated rings. The SMILES string of the molecule is O=C(CCC1CN(C(=O)c2ccncn2)CC12CCC2)N1CCOCC1. The average Bonchev–Trinajstić information content (AvgIpc) is 3.07. The zero-order valence-electron chi connectivity index (χ0n) is 15.1. The highest BCUT2D eigenvalue weighted by molar-refractivity contribution is 5.92. The van der Waals surface area contributed by atoms with Crippen LogP contribution in [0.5, 0.6) is 0 Å². The maximum absolute atomic E-state index is 12.8. The zero-order valence-corrected chi connectivity index (χ0v) is 15.1. The van der Waals surface area contributed by atoms with Crippen LogP contribution in [-0.2, 0) is 9.53 Å². The van der Waals surface area contributed by atoms with Gasteiger partial charge in [0.05, 0.1) is 13.2 Å². The van der Waals surface area contributed by atoms with Crippen molar-refractivity contribution in [3.8, 4) is 0 Å². The van der Waals surface area contributed by atoms with Crippen molar-refractivity contribution in [2.45, 2.75) is 32.1 Å². The predicted octanol–water partition coefficient (Wildman–Crippen LogP) is 1.36. The first kappa shape index (κ1) is 17.4. The molecule has 1 spiro atoms. The molecule has 140 valence electrons. The van der Waals surface area contributed by atoms with Gasteiger partial charge in [-0.3, -0.25) is 9.59 Å². The molecular weight excluding hydrogens is 332 g/mol. The molecule has 3 aliphatic rings. The van der Waals surface area contributed by atoms with Crippen molar-refractivity contribution in [1.29, 1.82) is 0 Å². The Labute approximate surface area is 153 Å². The maximum atomic E-state index is 12.8. The van der Waals surface area contributed by atoms with Crippen molar-refractivity contribution >= 4 is 11.8 Å². The largest absolute Gasteiger partial charge is 0.378 e. The van der Waals surface area contributed by atoms with Crippen molar-refractivity contribution in [3.63, 3.8) is 0 Å². The molecule has 3 heterocycles. The molecule has 2 aliphatic heterocycles. The summed E-state index contributed by atoms with van der Waals surface area (Å²) in [6, 6.07) is 1.67. The van der Waals surface area contributed by atoms with E-state index in [-0.39, 0.29) is 17.2 Å². The zero-order chi connectivity index (χ0) is 18.0. The minimum Gasteiger partial charge on any atom is -0.378 e. The Kier molecular flexibility index (Phi) is 4.89. The average molecular weight is 358 g/mol. The van der Waals surface area contributed by atoms with E-state index in [9.17, 15) is 9.59 Å². The number of nitrogens with zero attached hydrogens (tertiary/aromatic N) is 4. The third kappa shape index (κ3) is 3.32. The van der Waals surface area contributed by atoms with E-state index >= 15 is 0 Å². The highest BCUT2D eigenvalue weighted by atomic mass is 16.5. The molecule has 0 aromatic carbocycles. The van der Waals surface area contributed by atoms with Gasteiger partial charge in [0.15, 0.2) is 0 Å². The second kappa shape index (κ2) is 7.31. The standard InChI is InChI=1S/C19H26N4O3/c24-17(22-8-10-26-11-9-22)3-2-15-12-23(13-19(15)5-1-6-19)18(25)16-4-7-20-14-21-16/h4,7,14-15H,1-3,5-6,8-13H2. The summed E-state index contributed by atoms with van der Waals surface area (Å²) in [7, 11) is 0. The van der Waals surface area contributed by atoms with Gasteiger partial charge in [0.25, 0.3) is 5.91 Å². The molecule has 7 nitrogen and oxygen atoms in total. The van der Waals surface area contributed by atoms with Gasteiger partial charge in [-0.15, -0.1) is 0 Å². The first-order valence-electron chi connectivity index (χ1n) is 9.59. The lowest BCUT2D eigenvalue weighted by Crippen LogP contribution is -2.42. The molecule has 2 amide bonds. The summed E-state index contributed by atoms with van der Waals surface area (Å²) in [4.78, 5) is 37.1. The number of hydrogen-bond donors (Lipinski definition) is 0. The fourth-order valence-electron chi connectivity index (χ4n) is 4.63. The van der Waals surface area contributed by atoms with E-state index < -0.39 is 0 Å². The Bertz CT molecular complexity index is 656. The first-order valence-corrected chi connectivity index (χ1v) is 9.59. The molecular formula is C19H26N4O3. The lowest BCUT2D eigenvalue weighted by Gasteiger charge is -2.43. The lowest BCUT2D eigenvalue weighted by molar-refractivity contribution is -0.135. The Morgan fingerprint density at radius 3 is 2.69 bits per heavy atom. The molecule has 1 unspecified atom stereocenters. The lowest BCUT2D eigenvalue weighted by atomic mass is 9.62. The summed E-state index contributed by atoms with van der Waals surface area (Å²) < 4.78 is 5.32. The molecule has 7 heteroatoms. The highest BCUT2D eigenvalue weighted by Gasteiger charge is 2.51. The number of amides is 2. The van der Waals surface area contributed by atoms with Gasteiger partial charge in [0.2, 0.25) is 5.91 Å². The summed E-state index contributed by atoms with van der Waals surface area (Å²) in [5.41, 5.74) is 0.674. The van der Waals surface area contributed by atoms with Gasteiger partial charge >= 0.3 is 0 Å². The van der Waals surface area contributed by atoms with Crippen molar-refractivity contribution in [2.75, 3.05) is 39.4 Å². The summed E-state index contributed by atoms with van der Waals surface area (Å²) >= 11 is 0. The van der Waals surface area contributed by atoms with E-state index in [1.807, 2.05) is 9.80 Å². The van der Waals surface area contributed by atoms with E-state index in [0.717, 1.165) is 32.4 Å². The van der Waals surface area contributed by atoms with Crippen LogP contribution in [0.3, 0.4) is 0 Å². The van der Waals surface area contributed by atoms with Gasteiger partial charge in [-0.1, -0.05) is 6.42 Å². The van der Waals surface area contributed by atoms with Gasteiger partial charge in [0, 0.05) is 38.8 Å². The van der Waals surface area contributed by atoms with Crippen LogP contribution in [0.15, 0.2) is 18.6 Å². The van der Waals surface area contributed by atoms with Crippen LogP contribution in [0.25, 0.3) is 0 Å². The number of rotatable bonds is 4. The molecule has 2 saturated heterocycles. The molecule has 4 rings (SSSR count). The van der Waals surface area contributed by atoms with Crippen LogP contribution < -0.4 is 0 Å². The summed E-state index contributed by atoms with van der Waals surface area (Å²) in [6.45, 7) is 4.21. The minimum absolute atomic E-state index is 0.0133. The molecule has 1 aliphatic carbocycles. The van der Waals surface area contributed by atoms with Gasteiger partial charge in [0.1, 0.15) is 12.0 Å². The number of carbonyl (C=O) groups is 2. The Hall–Kier alpha value is -2.02. The number of hydrogen-bond acceptors (Lipinski definition) is 5. The molecule has 0 radical (unpaired) electrons. The Balaban J connectivity index is 1.38. The van der Waals surface area contributed by atoms with Gasteiger partial charge in [-0.25, -0.2) is 9.97 Å². The van der Waals surface area contributed by atoms with Gasteiger partial charge in [-0.2, -0.15) is 0 Å². The van der Waals surface area contributed by atoms with Crippen molar-refractivity contribution in [1.82, 2.24) is 19.8 Å². The molecule has 1 aromatic rings. The van der Waals surface area contributed by atoms with Crippen LogP contribution in [0.2, 0.25) is 0 Å². The van der Waals surface area contributed by atoms with Crippen LogP contribution in [0.1, 0.15) is 42.6 Å².